The number of likely N-dealkylation sites (tertiary alicyclic amines) is 1. The fraction of sp³-hybridized carbons (Fsp3) is 0.611. The second-order valence-electron chi connectivity index (χ2n) is 6.53. The lowest BCUT2D eigenvalue weighted by molar-refractivity contribution is -0.127. The van der Waals surface area contributed by atoms with Gasteiger partial charge in [-0.3, -0.25) is 9.69 Å². The number of ether oxygens (including phenoxy) is 1. The van der Waals surface area contributed by atoms with Gasteiger partial charge in [0.05, 0.1) is 0 Å². The van der Waals surface area contributed by atoms with Crippen LogP contribution in [0.3, 0.4) is 0 Å². The molecule has 5 heteroatoms. The third kappa shape index (κ3) is 5.70. The molecule has 1 aliphatic rings. The zero-order chi connectivity index (χ0) is 16.8. The molecule has 1 aromatic rings. The fourth-order valence-corrected chi connectivity index (χ4v) is 2.97. The van der Waals surface area contributed by atoms with Crippen LogP contribution in [0, 0.1) is 5.92 Å². The van der Waals surface area contributed by atoms with Gasteiger partial charge in [0.15, 0.2) is 6.10 Å². The Hall–Kier alpha value is -1.26. The van der Waals surface area contributed by atoms with Gasteiger partial charge in [-0.05, 0) is 63.9 Å². The molecule has 2 rings (SSSR count). The Morgan fingerprint density at radius 1 is 1.39 bits per heavy atom. The Morgan fingerprint density at radius 2 is 2.09 bits per heavy atom. The zero-order valence-electron chi connectivity index (χ0n) is 14.2. The van der Waals surface area contributed by atoms with Crippen molar-refractivity contribution in [3.05, 3.63) is 29.3 Å². The normalized spacial score (nSPS) is 19.1. The maximum absolute atomic E-state index is 12.2. The average molecular weight is 339 g/mol. The van der Waals surface area contributed by atoms with Crippen LogP contribution in [0.15, 0.2) is 24.3 Å². The second-order valence-corrected chi connectivity index (χ2v) is 6.97. The van der Waals surface area contributed by atoms with Crippen LogP contribution in [0.4, 0.5) is 0 Å². The van der Waals surface area contributed by atoms with E-state index in [0.717, 1.165) is 19.0 Å². The number of halogens is 1. The first-order chi connectivity index (χ1) is 11.0. The summed E-state index contributed by atoms with van der Waals surface area (Å²) in [5.74, 6) is 1.33. The Bertz CT molecular complexity index is 515. The quantitative estimate of drug-likeness (QED) is 0.865. The van der Waals surface area contributed by atoms with Gasteiger partial charge < -0.3 is 10.1 Å². The maximum Gasteiger partial charge on any atom is 0.260 e. The smallest absolute Gasteiger partial charge is 0.260 e. The number of amides is 1. The molecule has 1 saturated heterocycles. The van der Waals surface area contributed by atoms with Gasteiger partial charge >= 0.3 is 0 Å². The van der Waals surface area contributed by atoms with Gasteiger partial charge in [0.1, 0.15) is 5.75 Å². The molecule has 4 nitrogen and oxygen atoms in total. The number of hydrogen-bond donors (Lipinski definition) is 1. The van der Waals surface area contributed by atoms with E-state index in [0.29, 0.717) is 23.4 Å². The lowest BCUT2D eigenvalue weighted by Crippen LogP contribution is -2.47. The molecule has 1 aliphatic heterocycles. The highest BCUT2D eigenvalue weighted by Gasteiger charge is 2.22. The molecule has 0 spiro atoms. The van der Waals surface area contributed by atoms with Gasteiger partial charge in [-0.1, -0.05) is 24.6 Å². The van der Waals surface area contributed by atoms with Crippen molar-refractivity contribution < 1.29 is 9.53 Å². The first kappa shape index (κ1) is 18.1. The Labute approximate surface area is 144 Å². The summed E-state index contributed by atoms with van der Waals surface area (Å²) in [6, 6.07) is 7.45. The van der Waals surface area contributed by atoms with E-state index >= 15 is 0 Å². The van der Waals surface area contributed by atoms with Gasteiger partial charge in [0.2, 0.25) is 0 Å². The van der Waals surface area contributed by atoms with E-state index in [4.69, 9.17) is 16.3 Å². The minimum absolute atomic E-state index is 0.0952. The predicted octanol–water partition coefficient (Wildman–Crippen LogP) is 3.34. The van der Waals surface area contributed by atoms with Crippen LogP contribution >= 0.6 is 11.6 Å². The first-order valence-corrected chi connectivity index (χ1v) is 8.77. The predicted molar refractivity (Wildman–Crippen MR) is 94.0 cm³/mol. The van der Waals surface area contributed by atoms with E-state index in [-0.39, 0.29) is 5.91 Å². The van der Waals surface area contributed by atoms with Crippen molar-refractivity contribution in [1.29, 1.82) is 0 Å². The molecule has 2 unspecified atom stereocenters. The second kappa shape index (κ2) is 8.55. The number of nitrogens with one attached hydrogen (secondary N) is 1. The van der Waals surface area contributed by atoms with Crippen LogP contribution in [-0.4, -0.2) is 42.6 Å². The molecule has 1 fully saturated rings. The molecular weight excluding hydrogens is 312 g/mol. The van der Waals surface area contributed by atoms with Crippen LogP contribution in [0.25, 0.3) is 0 Å². The minimum Gasteiger partial charge on any atom is -0.481 e. The summed E-state index contributed by atoms with van der Waals surface area (Å²) in [4.78, 5) is 14.6. The van der Waals surface area contributed by atoms with Crippen molar-refractivity contribution in [1.82, 2.24) is 10.2 Å². The molecule has 23 heavy (non-hydrogen) atoms. The summed E-state index contributed by atoms with van der Waals surface area (Å²) in [5.41, 5.74) is 0. The zero-order valence-corrected chi connectivity index (χ0v) is 15.0. The molecular formula is C18H27ClN2O2. The van der Waals surface area contributed by atoms with Crippen LogP contribution in [0.1, 0.15) is 33.6 Å². The highest BCUT2D eigenvalue weighted by Crippen LogP contribution is 2.19. The fourth-order valence-electron chi connectivity index (χ4n) is 2.79. The van der Waals surface area contributed by atoms with Crippen molar-refractivity contribution in [3.63, 3.8) is 0 Å². The van der Waals surface area contributed by atoms with Crippen LogP contribution < -0.4 is 10.1 Å². The molecule has 0 saturated carbocycles. The lowest BCUT2D eigenvalue weighted by atomic mass is 9.98. The molecule has 0 radical (unpaired) electrons. The van der Waals surface area contributed by atoms with Crippen molar-refractivity contribution >= 4 is 17.5 Å². The molecule has 1 heterocycles. The van der Waals surface area contributed by atoms with Gasteiger partial charge in [-0.25, -0.2) is 0 Å². The molecule has 1 aromatic carbocycles. The number of benzene rings is 1. The number of nitrogens with zero attached hydrogens (tertiary/aromatic N) is 1. The maximum atomic E-state index is 12.2. The molecule has 0 aromatic heterocycles. The molecule has 128 valence electrons. The van der Waals surface area contributed by atoms with E-state index < -0.39 is 6.10 Å². The Kier molecular flexibility index (Phi) is 6.72. The number of piperidine rings is 1. The standard InChI is InChI=1S/C18H27ClN2O2/c1-13-7-9-21(10-8-13)14(2)12-20-18(22)15(3)23-17-6-4-5-16(19)11-17/h4-6,11,13-15H,7-10,12H2,1-3H3,(H,20,22). The SMILES string of the molecule is CC1CCN(C(C)CNC(=O)C(C)Oc2cccc(Cl)c2)CC1. The topological polar surface area (TPSA) is 41.6 Å². The largest absolute Gasteiger partial charge is 0.481 e. The highest BCUT2D eigenvalue weighted by molar-refractivity contribution is 6.30. The van der Waals surface area contributed by atoms with E-state index in [2.05, 4.69) is 24.1 Å². The lowest BCUT2D eigenvalue weighted by Gasteiger charge is -2.35. The molecule has 1 N–H and O–H groups in total. The van der Waals surface area contributed by atoms with Gasteiger partial charge in [0.25, 0.3) is 5.91 Å². The summed E-state index contributed by atoms with van der Waals surface area (Å²) < 4.78 is 5.64. The van der Waals surface area contributed by atoms with Crippen molar-refractivity contribution in [2.24, 2.45) is 5.92 Å². The molecule has 0 aliphatic carbocycles. The minimum atomic E-state index is -0.540. The van der Waals surface area contributed by atoms with E-state index in [9.17, 15) is 4.79 Å². The Balaban J connectivity index is 1.75. The van der Waals surface area contributed by atoms with E-state index in [1.807, 2.05) is 6.07 Å². The summed E-state index contributed by atoms with van der Waals surface area (Å²) in [7, 11) is 0. The highest BCUT2D eigenvalue weighted by atomic mass is 35.5. The number of hydrogen-bond acceptors (Lipinski definition) is 3. The molecule has 0 bridgehead atoms. The van der Waals surface area contributed by atoms with Gasteiger partial charge in [0, 0.05) is 17.6 Å². The van der Waals surface area contributed by atoms with Gasteiger partial charge in [-0.2, -0.15) is 0 Å². The number of carbonyl (C=O) groups excluding carboxylic acids is 1. The summed E-state index contributed by atoms with van der Waals surface area (Å²) in [5, 5.41) is 3.59. The van der Waals surface area contributed by atoms with Crippen LogP contribution in [-0.2, 0) is 4.79 Å². The summed E-state index contributed by atoms with van der Waals surface area (Å²) in [6.07, 6.45) is 1.95. The van der Waals surface area contributed by atoms with Crippen LogP contribution in [0.5, 0.6) is 5.75 Å². The molecule has 2 atom stereocenters. The monoisotopic (exact) mass is 338 g/mol. The third-order valence-electron chi connectivity index (χ3n) is 4.49. The van der Waals surface area contributed by atoms with Crippen molar-refractivity contribution in [2.75, 3.05) is 19.6 Å². The first-order valence-electron chi connectivity index (χ1n) is 8.39. The average Bonchev–Trinajstić information content (AvgIpc) is 2.53. The third-order valence-corrected chi connectivity index (χ3v) is 4.73. The molecule has 1 amide bonds. The number of rotatable bonds is 6. The summed E-state index contributed by atoms with van der Waals surface area (Å²) >= 11 is 5.92. The number of carbonyl (C=O) groups is 1. The van der Waals surface area contributed by atoms with E-state index in [1.54, 1.807) is 25.1 Å². The van der Waals surface area contributed by atoms with Gasteiger partial charge in [-0.15, -0.1) is 0 Å². The van der Waals surface area contributed by atoms with Crippen LogP contribution in [0.2, 0.25) is 5.02 Å². The van der Waals surface area contributed by atoms with E-state index in [1.165, 1.54) is 12.8 Å². The van der Waals surface area contributed by atoms with Crippen molar-refractivity contribution in [3.8, 4) is 5.75 Å². The summed E-state index contributed by atoms with van der Waals surface area (Å²) in [6.45, 7) is 9.11. The Morgan fingerprint density at radius 3 is 2.74 bits per heavy atom. The van der Waals surface area contributed by atoms with Crippen molar-refractivity contribution in [2.45, 2.75) is 45.8 Å².